The second-order valence-corrected chi connectivity index (χ2v) is 3.22. The lowest BCUT2D eigenvalue weighted by atomic mass is 10.2. The lowest BCUT2D eigenvalue weighted by Crippen LogP contribution is -2.24. The van der Waals surface area contributed by atoms with Gasteiger partial charge >= 0.3 is 0 Å². The van der Waals surface area contributed by atoms with Crippen LogP contribution in [-0.2, 0) is 0 Å². The van der Waals surface area contributed by atoms with Gasteiger partial charge < -0.3 is 5.32 Å². The molecule has 78 valence electrons. The lowest BCUT2D eigenvalue weighted by molar-refractivity contribution is 0.0953. The van der Waals surface area contributed by atoms with Gasteiger partial charge in [0.25, 0.3) is 5.91 Å². The molecule has 0 aromatic carbocycles. The third-order valence-electron chi connectivity index (χ3n) is 1.75. The summed E-state index contributed by atoms with van der Waals surface area (Å²) in [5.41, 5.74) is 0.358. The van der Waals surface area contributed by atoms with Crippen molar-refractivity contribution in [2.75, 3.05) is 6.54 Å². The molecule has 0 saturated carbocycles. The maximum absolute atomic E-state index is 11.5. The molecule has 1 rings (SSSR count). The predicted octanol–water partition coefficient (Wildman–Crippen LogP) is 1.77. The summed E-state index contributed by atoms with van der Waals surface area (Å²) in [4.78, 5) is 15.3. The molecular formula is C10H10ClN3O. The Morgan fingerprint density at radius 3 is 3.13 bits per heavy atom. The smallest absolute Gasteiger partial charge is 0.254 e. The summed E-state index contributed by atoms with van der Waals surface area (Å²) < 4.78 is 0. The molecule has 1 aromatic rings. The van der Waals surface area contributed by atoms with Gasteiger partial charge in [0.15, 0.2) is 0 Å². The molecule has 0 atom stereocenters. The zero-order valence-electron chi connectivity index (χ0n) is 8.03. The van der Waals surface area contributed by atoms with Crippen LogP contribution in [0.25, 0.3) is 0 Å². The van der Waals surface area contributed by atoms with Gasteiger partial charge in [0, 0.05) is 19.2 Å². The van der Waals surface area contributed by atoms with Crippen LogP contribution in [-0.4, -0.2) is 17.4 Å². The van der Waals surface area contributed by atoms with E-state index in [0.717, 1.165) is 0 Å². The summed E-state index contributed by atoms with van der Waals surface area (Å²) >= 11 is 5.73. The molecule has 0 aliphatic rings. The van der Waals surface area contributed by atoms with E-state index in [1.807, 2.05) is 6.07 Å². The molecule has 4 nitrogen and oxygen atoms in total. The fraction of sp³-hybridized carbons (Fsp3) is 0.300. The van der Waals surface area contributed by atoms with Crippen molar-refractivity contribution in [1.29, 1.82) is 5.26 Å². The number of rotatable bonds is 4. The Labute approximate surface area is 92.9 Å². The standard InChI is InChI=1S/C10H10ClN3O/c11-9-8(4-3-7-13-9)10(15)14-6-2-1-5-12/h3-4,7H,1-2,6H2,(H,14,15). The molecule has 0 fully saturated rings. The van der Waals surface area contributed by atoms with Crippen molar-refractivity contribution in [1.82, 2.24) is 10.3 Å². The number of carbonyl (C=O) groups is 1. The van der Waals surface area contributed by atoms with Gasteiger partial charge in [-0.25, -0.2) is 4.98 Å². The number of nitriles is 1. The van der Waals surface area contributed by atoms with Crippen molar-refractivity contribution >= 4 is 17.5 Å². The van der Waals surface area contributed by atoms with Crippen molar-refractivity contribution in [3.8, 4) is 6.07 Å². The van der Waals surface area contributed by atoms with E-state index in [4.69, 9.17) is 16.9 Å². The largest absolute Gasteiger partial charge is 0.352 e. The van der Waals surface area contributed by atoms with Crippen LogP contribution in [0.3, 0.4) is 0 Å². The Kier molecular flexibility index (Phi) is 4.58. The first kappa shape index (κ1) is 11.5. The Balaban J connectivity index is 2.48. The van der Waals surface area contributed by atoms with E-state index in [1.54, 1.807) is 12.1 Å². The fourth-order valence-corrected chi connectivity index (χ4v) is 1.23. The highest BCUT2D eigenvalue weighted by Gasteiger charge is 2.08. The van der Waals surface area contributed by atoms with Gasteiger partial charge in [0.1, 0.15) is 5.15 Å². The number of pyridine rings is 1. The van der Waals surface area contributed by atoms with Crippen LogP contribution >= 0.6 is 11.6 Å². The predicted molar refractivity (Wildman–Crippen MR) is 56.4 cm³/mol. The Bertz CT molecular complexity index is 386. The van der Waals surface area contributed by atoms with E-state index in [-0.39, 0.29) is 11.1 Å². The normalized spacial score (nSPS) is 9.33. The van der Waals surface area contributed by atoms with Crippen LogP contribution in [0.1, 0.15) is 23.2 Å². The summed E-state index contributed by atoms with van der Waals surface area (Å²) in [6.45, 7) is 0.470. The number of aromatic nitrogens is 1. The van der Waals surface area contributed by atoms with Crippen LogP contribution < -0.4 is 5.32 Å². The summed E-state index contributed by atoms with van der Waals surface area (Å²) in [6.07, 6.45) is 2.59. The Morgan fingerprint density at radius 2 is 2.47 bits per heavy atom. The van der Waals surface area contributed by atoms with Crippen LogP contribution in [0.5, 0.6) is 0 Å². The van der Waals surface area contributed by atoms with Crippen LogP contribution in [0.15, 0.2) is 18.3 Å². The van der Waals surface area contributed by atoms with Crippen LogP contribution in [0, 0.1) is 11.3 Å². The van der Waals surface area contributed by atoms with Crippen LogP contribution in [0.2, 0.25) is 5.15 Å². The molecule has 0 unspecified atom stereocenters. The van der Waals surface area contributed by atoms with E-state index in [0.29, 0.717) is 24.9 Å². The molecule has 0 bridgehead atoms. The average molecular weight is 224 g/mol. The van der Waals surface area contributed by atoms with Crippen LogP contribution in [0.4, 0.5) is 0 Å². The Hall–Kier alpha value is -1.60. The molecule has 1 amide bonds. The lowest BCUT2D eigenvalue weighted by Gasteiger charge is -2.04. The maximum atomic E-state index is 11.5. The number of halogens is 1. The molecule has 0 spiro atoms. The number of unbranched alkanes of at least 4 members (excludes halogenated alkanes) is 1. The first-order valence-corrected chi connectivity index (χ1v) is 4.89. The molecule has 1 aromatic heterocycles. The minimum absolute atomic E-state index is 0.190. The molecule has 5 heteroatoms. The van der Waals surface area contributed by atoms with E-state index in [2.05, 4.69) is 10.3 Å². The number of hydrogen-bond acceptors (Lipinski definition) is 3. The molecule has 1 N–H and O–H groups in total. The first-order valence-electron chi connectivity index (χ1n) is 4.51. The van der Waals surface area contributed by atoms with Gasteiger partial charge in [0.05, 0.1) is 11.6 Å². The summed E-state index contributed by atoms with van der Waals surface area (Å²) in [5.74, 6) is -0.258. The monoisotopic (exact) mass is 223 g/mol. The molecule has 0 radical (unpaired) electrons. The van der Waals surface area contributed by atoms with Crippen molar-refractivity contribution in [2.45, 2.75) is 12.8 Å². The van der Waals surface area contributed by atoms with Gasteiger partial charge in [-0.2, -0.15) is 5.26 Å². The van der Waals surface area contributed by atoms with Crippen molar-refractivity contribution in [3.63, 3.8) is 0 Å². The zero-order chi connectivity index (χ0) is 11.1. The number of hydrogen-bond donors (Lipinski definition) is 1. The highest BCUT2D eigenvalue weighted by Crippen LogP contribution is 2.10. The molecule has 15 heavy (non-hydrogen) atoms. The number of nitrogens with one attached hydrogen (secondary N) is 1. The third kappa shape index (κ3) is 3.56. The molecule has 0 saturated heterocycles. The van der Waals surface area contributed by atoms with Crippen molar-refractivity contribution in [3.05, 3.63) is 29.0 Å². The van der Waals surface area contributed by atoms with Gasteiger partial charge in [-0.15, -0.1) is 0 Å². The number of amides is 1. The zero-order valence-corrected chi connectivity index (χ0v) is 8.79. The fourth-order valence-electron chi connectivity index (χ4n) is 1.02. The Morgan fingerprint density at radius 1 is 1.67 bits per heavy atom. The van der Waals surface area contributed by atoms with E-state index >= 15 is 0 Å². The highest BCUT2D eigenvalue weighted by molar-refractivity contribution is 6.32. The molecule has 0 aliphatic heterocycles. The maximum Gasteiger partial charge on any atom is 0.254 e. The number of nitrogens with zero attached hydrogens (tertiary/aromatic N) is 2. The molecular weight excluding hydrogens is 214 g/mol. The van der Waals surface area contributed by atoms with Gasteiger partial charge in [0.2, 0.25) is 0 Å². The quantitative estimate of drug-likeness (QED) is 0.625. The summed E-state index contributed by atoms with van der Waals surface area (Å²) in [6, 6.07) is 5.26. The molecule has 1 heterocycles. The second-order valence-electron chi connectivity index (χ2n) is 2.86. The van der Waals surface area contributed by atoms with Crippen molar-refractivity contribution in [2.24, 2.45) is 0 Å². The summed E-state index contributed by atoms with van der Waals surface area (Å²) in [5, 5.41) is 11.1. The van der Waals surface area contributed by atoms with Gasteiger partial charge in [-0.3, -0.25) is 4.79 Å². The van der Waals surface area contributed by atoms with Crippen molar-refractivity contribution < 1.29 is 4.79 Å². The highest BCUT2D eigenvalue weighted by atomic mass is 35.5. The van der Waals surface area contributed by atoms with Gasteiger partial charge in [-0.05, 0) is 18.6 Å². The van der Waals surface area contributed by atoms with E-state index < -0.39 is 0 Å². The van der Waals surface area contributed by atoms with E-state index in [1.165, 1.54) is 6.20 Å². The minimum atomic E-state index is -0.258. The van der Waals surface area contributed by atoms with E-state index in [9.17, 15) is 4.79 Å². The number of carbonyl (C=O) groups excluding carboxylic acids is 1. The average Bonchev–Trinajstić information content (AvgIpc) is 2.25. The topological polar surface area (TPSA) is 65.8 Å². The third-order valence-corrected chi connectivity index (χ3v) is 2.06. The minimum Gasteiger partial charge on any atom is -0.352 e. The summed E-state index contributed by atoms with van der Waals surface area (Å²) in [7, 11) is 0. The SMILES string of the molecule is N#CCCCNC(=O)c1cccnc1Cl. The van der Waals surface area contributed by atoms with Gasteiger partial charge in [-0.1, -0.05) is 11.6 Å². The molecule has 0 aliphatic carbocycles. The first-order chi connectivity index (χ1) is 7.25. The second kappa shape index (κ2) is 5.99.